The van der Waals surface area contributed by atoms with Gasteiger partial charge < -0.3 is 5.32 Å². The van der Waals surface area contributed by atoms with Crippen LogP contribution in [-0.2, 0) is 10.0 Å². The zero-order valence-corrected chi connectivity index (χ0v) is 12.3. The van der Waals surface area contributed by atoms with Gasteiger partial charge in [-0.25, -0.2) is 17.5 Å². The van der Waals surface area contributed by atoms with Gasteiger partial charge in [0.15, 0.2) is 0 Å². The molecule has 4 nitrogen and oxygen atoms in total. The van der Waals surface area contributed by atoms with Crippen molar-refractivity contribution < 1.29 is 12.8 Å². The molecule has 1 aromatic rings. The van der Waals surface area contributed by atoms with Crippen LogP contribution in [0, 0.1) is 5.82 Å². The van der Waals surface area contributed by atoms with Crippen molar-refractivity contribution >= 4 is 38.4 Å². The summed E-state index contributed by atoms with van der Waals surface area (Å²) in [6, 6.07) is 3.68. The highest BCUT2D eigenvalue weighted by Gasteiger charge is 2.14. The van der Waals surface area contributed by atoms with Gasteiger partial charge in [-0.1, -0.05) is 0 Å². The summed E-state index contributed by atoms with van der Waals surface area (Å²) in [5, 5.41) is 2.80. The second kappa shape index (κ2) is 7.27. The molecular weight excluding hydrogens is 335 g/mol. The normalized spacial score (nSPS) is 11.0. The average Bonchev–Trinajstić information content (AvgIpc) is 2.22. The highest BCUT2D eigenvalue weighted by Crippen LogP contribution is 2.18. The molecule has 2 N–H and O–H groups in total. The van der Waals surface area contributed by atoms with E-state index in [9.17, 15) is 12.8 Å². The zero-order valence-electron chi connectivity index (χ0n) is 9.04. The Bertz CT molecular complexity index is 470. The lowest BCUT2D eigenvalue weighted by Gasteiger charge is -2.06. The lowest BCUT2D eigenvalue weighted by atomic mass is 10.3. The summed E-state index contributed by atoms with van der Waals surface area (Å²) >= 11 is 2.96. The van der Waals surface area contributed by atoms with E-state index in [1.807, 2.05) is 0 Å². The molecule has 0 bridgehead atoms. The number of sulfonamides is 1. The first-order chi connectivity index (χ1) is 7.47. The van der Waals surface area contributed by atoms with E-state index >= 15 is 0 Å². The fraction of sp³-hybridized carbons (Fsp3) is 0.333. The second-order valence-corrected chi connectivity index (χ2v) is 5.70. The Morgan fingerprint density at radius 2 is 2.00 bits per heavy atom. The van der Waals surface area contributed by atoms with Gasteiger partial charge in [0.25, 0.3) is 0 Å². The Balaban J connectivity index is 0.00000256. The minimum atomic E-state index is -3.62. The van der Waals surface area contributed by atoms with Crippen molar-refractivity contribution in [3.8, 4) is 0 Å². The van der Waals surface area contributed by atoms with Crippen LogP contribution >= 0.6 is 28.3 Å². The summed E-state index contributed by atoms with van der Waals surface area (Å²) in [5.41, 5.74) is 0. The molecular formula is C9H13BrClFN2O2S. The molecule has 0 aliphatic carbocycles. The molecule has 0 spiro atoms. The molecule has 98 valence electrons. The van der Waals surface area contributed by atoms with Crippen LogP contribution in [0.5, 0.6) is 0 Å². The Labute approximate surface area is 115 Å². The van der Waals surface area contributed by atoms with E-state index in [-0.39, 0.29) is 28.3 Å². The van der Waals surface area contributed by atoms with E-state index in [1.54, 1.807) is 7.05 Å². The molecule has 0 aromatic heterocycles. The monoisotopic (exact) mass is 346 g/mol. The third-order valence-electron chi connectivity index (χ3n) is 1.87. The summed E-state index contributed by atoms with van der Waals surface area (Å²) < 4.78 is 39.0. The van der Waals surface area contributed by atoms with Gasteiger partial charge in [0.05, 0.1) is 9.37 Å². The molecule has 1 aromatic carbocycles. The van der Waals surface area contributed by atoms with E-state index in [0.29, 0.717) is 6.54 Å². The first-order valence-electron chi connectivity index (χ1n) is 4.56. The van der Waals surface area contributed by atoms with Crippen LogP contribution in [-0.4, -0.2) is 28.6 Å². The topological polar surface area (TPSA) is 58.2 Å². The maximum Gasteiger partial charge on any atom is 0.240 e. The minimum absolute atomic E-state index is 0. The largest absolute Gasteiger partial charge is 0.318 e. The fourth-order valence-electron chi connectivity index (χ4n) is 1.04. The predicted octanol–water partition coefficient (Wildman–Crippen LogP) is 1.51. The molecule has 0 radical (unpaired) electrons. The predicted molar refractivity (Wildman–Crippen MR) is 70.5 cm³/mol. The molecule has 0 amide bonds. The van der Waals surface area contributed by atoms with Crippen molar-refractivity contribution in [1.29, 1.82) is 0 Å². The van der Waals surface area contributed by atoms with Crippen molar-refractivity contribution in [3.05, 3.63) is 28.5 Å². The van der Waals surface area contributed by atoms with Gasteiger partial charge in [0, 0.05) is 13.1 Å². The van der Waals surface area contributed by atoms with Crippen LogP contribution in [0.3, 0.4) is 0 Å². The highest BCUT2D eigenvalue weighted by molar-refractivity contribution is 9.10. The van der Waals surface area contributed by atoms with Crippen molar-refractivity contribution in [2.75, 3.05) is 20.1 Å². The van der Waals surface area contributed by atoms with Crippen molar-refractivity contribution in [2.45, 2.75) is 4.90 Å². The Kier molecular flexibility index (Phi) is 7.18. The molecule has 0 aliphatic rings. The van der Waals surface area contributed by atoms with Crippen molar-refractivity contribution in [1.82, 2.24) is 10.0 Å². The zero-order chi connectivity index (χ0) is 12.2. The van der Waals surface area contributed by atoms with Crippen LogP contribution in [0.4, 0.5) is 4.39 Å². The third kappa shape index (κ3) is 4.89. The number of nitrogens with one attached hydrogen (secondary N) is 2. The second-order valence-electron chi connectivity index (χ2n) is 3.08. The van der Waals surface area contributed by atoms with E-state index in [0.717, 1.165) is 6.07 Å². The fourth-order valence-corrected chi connectivity index (χ4v) is 2.33. The lowest BCUT2D eigenvalue weighted by Crippen LogP contribution is -2.30. The molecule has 0 fully saturated rings. The number of likely N-dealkylation sites (N-methyl/N-ethyl adjacent to an activating group) is 1. The van der Waals surface area contributed by atoms with E-state index in [2.05, 4.69) is 26.0 Å². The lowest BCUT2D eigenvalue weighted by molar-refractivity contribution is 0.575. The van der Waals surface area contributed by atoms with Crippen molar-refractivity contribution in [2.24, 2.45) is 0 Å². The Hall–Kier alpha value is -0.210. The molecule has 0 unspecified atom stereocenters. The van der Waals surface area contributed by atoms with Gasteiger partial charge in [-0.05, 0) is 41.2 Å². The molecule has 0 saturated carbocycles. The Morgan fingerprint density at radius 3 is 2.53 bits per heavy atom. The Morgan fingerprint density at radius 1 is 1.35 bits per heavy atom. The number of hydrogen-bond donors (Lipinski definition) is 2. The average molecular weight is 348 g/mol. The van der Waals surface area contributed by atoms with Gasteiger partial charge in [-0.15, -0.1) is 12.4 Å². The van der Waals surface area contributed by atoms with Crippen molar-refractivity contribution in [3.63, 3.8) is 0 Å². The van der Waals surface area contributed by atoms with Gasteiger partial charge in [0.1, 0.15) is 5.82 Å². The smallest absolute Gasteiger partial charge is 0.240 e. The summed E-state index contributed by atoms with van der Waals surface area (Å²) in [6.07, 6.45) is 0. The summed E-state index contributed by atoms with van der Waals surface area (Å²) in [6.45, 7) is 0.773. The van der Waals surface area contributed by atoms with Gasteiger partial charge in [-0.2, -0.15) is 0 Å². The minimum Gasteiger partial charge on any atom is -0.318 e. The summed E-state index contributed by atoms with van der Waals surface area (Å²) in [7, 11) is -1.91. The van der Waals surface area contributed by atoms with Crippen LogP contribution in [0.15, 0.2) is 27.6 Å². The first-order valence-corrected chi connectivity index (χ1v) is 6.84. The van der Waals surface area contributed by atoms with Crippen LogP contribution < -0.4 is 10.0 Å². The molecule has 0 heterocycles. The standard InChI is InChI=1S/C9H12BrFN2O2S.ClH/c1-12-4-5-13-16(14,15)7-2-3-8(10)9(11)6-7;/h2-3,6,12-13H,4-5H2,1H3;1H. The number of rotatable bonds is 5. The SMILES string of the molecule is CNCCNS(=O)(=O)c1ccc(Br)c(F)c1.Cl. The van der Waals surface area contributed by atoms with Gasteiger partial charge in [-0.3, -0.25) is 0 Å². The molecule has 17 heavy (non-hydrogen) atoms. The van der Waals surface area contributed by atoms with E-state index in [1.165, 1.54) is 12.1 Å². The molecule has 0 saturated heterocycles. The van der Waals surface area contributed by atoms with Gasteiger partial charge >= 0.3 is 0 Å². The third-order valence-corrected chi connectivity index (χ3v) is 3.97. The number of halogens is 3. The maximum atomic E-state index is 13.1. The maximum absolute atomic E-state index is 13.1. The first kappa shape index (κ1) is 16.8. The van der Waals surface area contributed by atoms with E-state index in [4.69, 9.17) is 0 Å². The van der Waals surface area contributed by atoms with E-state index < -0.39 is 15.8 Å². The molecule has 8 heteroatoms. The number of benzene rings is 1. The molecule has 1 rings (SSSR count). The quantitative estimate of drug-likeness (QED) is 0.794. The number of hydrogen-bond acceptors (Lipinski definition) is 3. The van der Waals surface area contributed by atoms with Crippen LogP contribution in [0.2, 0.25) is 0 Å². The summed E-state index contributed by atoms with van der Waals surface area (Å²) in [4.78, 5) is -0.0793. The van der Waals surface area contributed by atoms with Crippen LogP contribution in [0.1, 0.15) is 0 Å². The van der Waals surface area contributed by atoms with Crippen LogP contribution in [0.25, 0.3) is 0 Å². The molecule has 0 atom stereocenters. The van der Waals surface area contributed by atoms with Gasteiger partial charge in [0.2, 0.25) is 10.0 Å². The summed E-state index contributed by atoms with van der Waals surface area (Å²) in [5.74, 6) is -0.600. The molecule has 0 aliphatic heterocycles. The highest BCUT2D eigenvalue weighted by atomic mass is 79.9.